The van der Waals surface area contributed by atoms with E-state index >= 15 is 0 Å². The topological polar surface area (TPSA) is 53.3 Å². The van der Waals surface area contributed by atoms with Gasteiger partial charge in [-0.1, -0.05) is 0 Å². The number of hydrogen-bond acceptors (Lipinski definition) is 2. The lowest BCUT2D eigenvalue weighted by atomic mass is 10.6. The lowest BCUT2D eigenvalue weighted by Crippen LogP contribution is -1.75. The van der Waals surface area contributed by atoms with Crippen LogP contribution in [0.5, 0.6) is 5.75 Å². The van der Waals surface area contributed by atoms with Gasteiger partial charge in [-0.3, -0.25) is 5.10 Å². The minimum Gasteiger partial charge on any atom is -0.504 e. The SMILES string of the molecule is Oc1ccn2[nH]cnc12. The number of aromatic nitrogens is 3. The lowest BCUT2D eigenvalue weighted by molar-refractivity contribution is 0.481. The zero-order chi connectivity index (χ0) is 6.27. The van der Waals surface area contributed by atoms with E-state index < -0.39 is 0 Å². The monoisotopic (exact) mass is 123 g/mol. The van der Waals surface area contributed by atoms with Crippen LogP contribution in [-0.4, -0.2) is 19.7 Å². The third kappa shape index (κ3) is 0.440. The van der Waals surface area contributed by atoms with Gasteiger partial charge in [-0.25, -0.2) is 9.50 Å². The molecule has 0 unspecified atom stereocenters. The molecule has 9 heavy (non-hydrogen) atoms. The van der Waals surface area contributed by atoms with E-state index in [0.717, 1.165) is 0 Å². The van der Waals surface area contributed by atoms with Gasteiger partial charge in [0.1, 0.15) is 6.33 Å². The molecule has 0 aliphatic carbocycles. The van der Waals surface area contributed by atoms with Crippen molar-refractivity contribution < 1.29 is 5.11 Å². The van der Waals surface area contributed by atoms with Crippen molar-refractivity contribution in [3.05, 3.63) is 18.6 Å². The Morgan fingerprint density at radius 2 is 2.56 bits per heavy atom. The molecule has 0 bridgehead atoms. The van der Waals surface area contributed by atoms with Crippen molar-refractivity contribution in [2.24, 2.45) is 0 Å². The highest BCUT2D eigenvalue weighted by atomic mass is 16.3. The molecule has 46 valence electrons. The van der Waals surface area contributed by atoms with Crippen molar-refractivity contribution in [2.45, 2.75) is 0 Å². The highest BCUT2D eigenvalue weighted by Crippen LogP contribution is 2.14. The normalized spacial score (nSPS) is 10.7. The van der Waals surface area contributed by atoms with Crippen molar-refractivity contribution in [3.63, 3.8) is 0 Å². The minimum atomic E-state index is 0.205. The van der Waals surface area contributed by atoms with E-state index in [-0.39, 0.29) is 5.75 Å². The largest absolute Gasteiger partial charge is 0.504 e. The fourth-order valence-corrected chi connectivity index (χ4v) is 0.798. The summed E-state index contributed by atoms with van der Waals surface area (Å²) in [4.78, 5) is 3.84. The molecule has 0 radical (unpaired) electrons. The summed E-state index contributed by atoms with van der Waals surface area (Å²) in [6.07, 6.45) is 3.23. The van der Waals surface area contributed by atoms with Gasteiger partial charge in [-0.2, -0.15) is 0 Å². The molecule has 0 fully saturated rings. The van der Waals surface area contributed by atoms with Crippen molar-refractivity contribution in [3.8, 4) is 5.75 Å². The maximum Gasteiger partial charge on any atom is 0.195 e. The van der Waals surface area contributed by atoms with Crippen LogP contribution in [0.15, 0.2) is 18.6 Å². The van der Waals surface area contributed by atoms with E-state index in [4.69, 9.17) is 5.11 Å². The van der Waals surface area contributed by atoms with Gasteiger partial charge in [0.25, 0.3) is 0 Å². The summed E-state index contributed by atoms with van der Waals surface area (Å²) in [7, 11) is 0. The van der Waals surface area contributed by atoms with Gasteiger partial charge in [0, 0.05) is 12.3 Å². The van der Waals surface area contributed by atoms with Crippen LogP contribution >= 0.6 is 0 Å². The maximum atomic E-state index is 9.00. The Morgan fingerprint density at radius 1 is 1.67 bits per heavy atom. The first-order valence-corrected chi connectivity index (χ1v) is 2.57. The molecule has 4 nitrogen and oxygen atoms in total. The molecule has 0 saturated heterocycles. The molecule has 0 saturated carbocycles. The van der Waals surface area contributed by atoms with E-state index in [0.29, 0.717) is 5.65 Å². The molecular weight excluding hydrogens is 118 g/mol. The Bertz CT molecular complexity index is 321. The quantitative estimate of drug-likeness (QED) is 0.531. The second kappa shape index (κ2) is 1.28. The summed E-state index contributed by atoms with van der Waals surface area (Å²) in [6, 6.07) is 1.58. The number of fused-ring (bicyclic) bond motifs is 1. The first kappa shape index (κ1) is 4.43. The number of rotatable bonds is 0. The number of nitrogens with one attached hydrogen (secondary N) is 1. The molecule has 0 amide bonds. The Morgan fingerprint density at radius 3 is 3.33 bits per heavy atom. The first-order chi connectivity index (χ1) is 4.38. The van der Waals surface area contributed by atoms with Crippen LogP contribution < -0.4 is 0 Å². The van der Waals surface area contributed by atoms with Crippen molar-refractivity contribution >= 4 is 5.65 Å². The third-order valence-electron chi connectivity index (χ3n) is 1.22. The second-order valence-electron chi connectivity index (χ2n) is 1.78. The summed E-state index contributed by atoms with van der Waals surface area (Å²) in [6.45, 7) is 0. The summed E-state index contributed by atoms with van der Waals surface area (Å²) >= 11 is 0. The second-order valence-corrected chi connectivity index (χ2v) is 1.78. The Balaban J connectivity index is 2.99. The summed E-state index contributed by atoms with van der Waals surface area (Å²) in [5.41, 5.74) is 0.565. The molecule has 2 rings (SSSR count). The summed E-state index contributed by atoms with van der Waals surface area (Å²) in [5, 5.41) is 11.8. The van der Waals surface area contributed by atoms with Crippen LogP contribution in [0.3, 0.4) is 0 Å². The van der Waals surface area contributed by atoms with E-state index in [9.17, 15) is 0 Å². The molecule has 0 atom stereocenters. The molecular formula is C5H5N3O. The summed E-state index contributed by atoms with van der Waals surface area (Å²) in [5.74, 6) is 0.205. The Hall–Kier alpha value is -1.45. The molecule has 0 aliphatic rings. The number of H-pyrrole nitrogens is 1. The van der Waals surface area contributed by atoms with E-state index in [1.54, 1.807) is 16.8 Å². The molecule has 2 heterocycles. The zero-order valence-electron chi connectivity index (χ0n) is 4.57. The van der Waals surface area contributed by atoms with Crippen LogP contribution in [0.4, 0.5) is 0 Å². The van der Waals surface area contributed by atoms with Gasteiger partial charge in [0.05, 0.1) is 0 Å². The maximum absolute atomic E-state index is 9.00. The molecule has 2 aromatic rings. The standard InChI is InChI=1S/C5H5N3O/c9-4-1-2-8-5(4)6-3-7-8/h1-3,9H,(H,6,7). The fraction of sp³-hybridized carbons (Fsp3) is 0. The molecule has 4 heteroatoms. The van der Waals surface area contributed by atoms with E-state index in [2.05, 4.69) is 10.1 Å². The van der Waals surface area contributed by atoms with E-state index in [1.165, 1.54) is 6.33 Å². The molecule has 2 N–H and O–H groups in total. The molecule has 0 aliphatic heterocycles. The minimum absolute atomic E-state index is 0.205. The van der Waals surface area contributed by atoms with Crippen LogP contribution in [0, 0.1) is 0 Å². The van der Waals surface area contributed by atoms with Gasteiger partial charge in [0.15, 0.2) is 11.4 Å². The van der Waals surface area contributed by atoms with Crippen molar-refractivity contribution in [1.82, 2.24) is 14.6 Å². The predicted molar refractivity (Wildman–Crippen MR) is 31.2 cm³/mol. The predicted octanol–water partition coefficient (Wildman–Crippen LogP) is 0.368. The van der Waals surface area contributed by atoms with Crippen LogP contribution in [0.1, 0.15) is 0 Å². The molecule has 0 spiro atoms. The van der Waals surface area contributed by atoms with Crippen molar-refractivity contribution in [2.75, 3.05) is 0 Å². The number of nitrogens with zero attached hydrogens (tertiary/aromatic N) is 2. The third-order valence-corrected chi connectivity index (χ3v) is 1.22. The van der Waals surface area contributed by atoms with Gasteiger partial charge < -0.3 is 5.11 Å². The fourth-order valence-electron chi connectivity index (χ4n) is 0.798. The van der Waals surface area contributed by atoms with Crippen molar-refractivity contribution in [1.29, 1.82) is 0 Å². The molecule has 2 aromatic heterocycles. The van der Waals surface area contributed by atoms with Gasteiger partial charge in [-0.05, 0) is 0 Å². The lowest BCUT2D eigenvalue weighted by Gasteiger charge is -1.78. The highest BCUT2D eigenvalue weighted by Gasteiger charge is 1.98. The van der Waals surface area contributed by atoms with Gasteiger partial charge in [0.2, 0.25) is 0 Å². The van der Waals surface area contributed by atoms with Crippen LogP contribution in [0.2, 0.25) is 0 Å². The van der Waals surface area contributed by atoms with Crippen LogP contribution in [-0.2, 0) is 0 Å². The Kier molecular flexibility index (Phi) is 0.631. The van der Waals surface area contributed by atoms with Gasteiger partial charge in [-0.15, -0.1) is 0 Å². The van der Waals surface area contributed by atoms with E-state index in [1.807, 2.05) is 0 Å². The number of aromatic amines is 1. The zero-order valence-corrected chi connectivity index (χ0v) is 4.57. The summed E-state index contributed by atoms with van der Waals surface area (Å²) < 4.78 is 1.63. The Labute approximate surface area is 50.7 Å². The average molecular weight is 123 g/mol. The average Bonchev–Trinajstić information content (AvgIpc) is 2.35. The first-order valence-electron chi connectivity index (χ1n) is 2.57. The van der Waals surface area contributed by atoms with Crippen LogP contribution in [0.25, 0.3) is 5.65 Å². The van der Waals surface area contributed by atoms with Gasteiger partial charge >= 0.3 is 0 Å². The number of aromatic hydroxyl groups is 1. The highest BCUT2D eigenvalue weighted by molar-refractivity contribution is 5.51. The smallest absolute Gasteiger partial charge is 0.195 e. The number of hydrogen-bond donors (Lipinski definition) is 2. The molecule has 0 aromatic carbocycles.